The average molecular weight is 263 g/mol. The quantitative estimate of drug-likeness (QED) is 0.798. The number of aryl methyl sites for hydroxylation is 1. The SMILES string of the molecule is CCCNCc1ccc(N(C)CC(C)(C)C)nc1C. The Kier molecular flexibility index (Phi) is 5.80. The molecule has 3 heteroatoms. The van der Waals surface area contributed by atoms with Crippen LogP contribution in [0.15, 0.2) is 12.1 Å². The van der Waals surface area contributed by atoms with Crippen LogP contribution in [0.3, 0.4) is 0 Å². The highest BCUT2D eigenvalue weighted by Gasteiger charge is 2.15. The molecule has 1 aromatic heterocycles. The molecule has 0 aliphatic carbocycles. The van der Waals surface area contributed by atoms with Gasteiger partial charge in [0, 0.05) is 25.8 Å². The maximum Gasteiger partial charge on any atom is 0.128 e. The highest BCUT2D eigenvalue weighted by atomic mass is 15.2. The standard InChI is InChI=1S/C16H29N3/c1-7-10-17-11-14-8-9-15(18-13(14)2)19(6)12-16(3,4)5/h8-9,17H,7,10-12H2,1-6H3. The highest BCUT2D eigenvalue weighted by Crippen LogP contribution is 2.20. The molecule has 0 spiro atoms. The number of nitrogens with zero attached hydrogens (tertiary/aromatic N) is 2. The summed E-state index contributed by atoms with van der Waals surface area (Å²) in [4.78, 5) is 6.95. The summed E-state index contributed by atoms with van der Waals surface area (Å²) in [6.45, 7) is 14.0. The average Bonchev–Trinajstić information content (AvgIpc) is 2.29. The van der Waals surface area contributed by atoms with Gasteiger partial charge in [-0.15, -0.1) is 0 Å². The summed E-state index contributed by atoms with van der Waals surface area (Å²) in [6, 6.07) is 4.32. The van der Waals surface area contributed by atoms with Crippen LogP contribution < -0.4 is 10.2 Å². The van der Waals surface area contributed by atoms with Gasteiger partial charge < -0.3 is 10.2 Å². The second kappa shape index (κ2) is 6.90. The third-order valence-corrected chi connectivity index (χ3v) is 3.03. The van der Waals surface area contributed by atoms with Gasteiger partial charge in [-0.2, -0.15) is 0 Å². The van der Waals surface area contributed by atoms with Gasteiger partial charge in [0.25, 0.3) is 0 Å². The van der Waals surface area contributed by atoms with Gasteiger partial charge in [-0.3, -0.25) is 0 Å². The lowest BCUT2D eigenvalue weighted by molar-refractivity contribution is 0.417. The summed E-state index contributed by atoms with van der Waals surface area (Å²) in [6.07, 6.45) is 1.17. The number of hydrogen-bond acceptors (Lipinski definition) is 3. The fourth-order valence-electron chi connectivity index (χ4n) is 2.17. The molecular weight excluding hydrogens is 234 g/mol. The molecule has 1 heterocycles. The molecular formula is C16H29N3. The Hall–Kier alpha value is -1.09. The van der Waals surface area contributed by atoms with E-state index < -0.39 is 0 Å². The number of rotatable bonds is 6. The summed E-state index contributed by atoms with van der Waals surface area (Å²) in [5.41, 5.74) is 2.70. The van der Waals surface area contributed by atoms with Crippen LogP contribution in [0.1, 0.15) is 45.4 Å². The minimum Gasteiger partial charge on any atom is -0.359 e. The van der Waals surface area contributed by atoms with Crippen LogP contribution in [0.25, 0.3) is 0 Å². The summed E-state index contributed by atoms with van der Waals surface area (Å²) in [5, 5.41) is 3.43. The molecule has 0 amide bonds. The molecule has 19 heavy (non-hydrogen) atoms. The number of aromatic nitrogens is 1. The second-order valence-electron chi connectivity index (χ2n) is 6.51. The van der Waals surface area contributed by atoms with Crippen LogP contribution in [0.4, 0.5) is 5.82 Å². The van der Waals surface area contributed by atoms with Crippen molar-refractivity contribution in [3.63, 3.8) is 0 Å². The Bertz CT molecular complexity index is 393. The predicted molar refractivity (Wildman–Crippen MR) is 83.7 cm³/mol. The Balaban J connectivity index is 2.70. The van der Waals surface area contributed by atoms with E-state index in [0.29, 0.717) is 0 Å². The fourth-order valence-corrected chi connectivity index (χ4v) is 2.17. The van der Waals surface area contributed by atoms with Gasteiger partial charge >= 0.3 is 0 Å². The lowest BCUT2D eigenvalue weighted by atomic mass is 9.96. The van der Waals surface area contributed by atoms with Crippen LogP contribution in [-0.4, -0.2) is 25.1 Å². The number of nitrogens with one attached hydrogen (secondary N) is 1. The zero-order valence-corrected chi connectivity index (χ0v) is 13.4. The molecule has 0 saturated carbocycles. The Morgan fingerprint density at radius 3 is 2.47 bits per heavy atom. The largest absolute Gasteiger partial charge is 0.359 e. The van der Waals surface area contributed by atoms with Crippen LogP contribution >= 0.6 is 0 Å². The Morgan fingerprint density at radius 1 is 1.26 bits per heavy atom. The molecule has 0 fully saturated rings. The molecule has 1 N–H and O–H groups in total. The minimum absolute atomic E-state index is 0.283. The van der Waals surface area contributed by atoms with E-state index in [0.717, 1.165) is 31.1 Å². The highest BCUT2D eigenvalue weighted by molar-refractivity contribution is 5.41. The van der Waals surface area contributed by atoms with E-state index in [1.165, 1.54) is 12.0 Å². The fraction of sp³-hybridized carbons (Fsp3) is 0.688. The Labute approximate surface area is 118 Å². The molecule has 0 unspecified atom stereocenters. The first-order valence-electron chi connectivity index (χ1n) is 7.22. The molecule has 3 nitrogen and oxygen atoms in total. The number of pyridine rings is 1. The molecule has 1 aromatic rings. The van der Waals surface area contributed by atoms with Crippen molar-refractivity contribution in [3.8, 4) is 0 Å². The van der Waals surface area contributed by atoms with Gasteiger partial charge in [0.2, 0.25) is 0 Å². The van der Waals surface area contributed by atoms with Crippen molar-refractivity contribution in [3.05, 3.63) is 23.4 Å². The zero-order chi connectivity index (χ0) is 14.5. The van der Waals surface area contributed by atoms with E-state index in [-0.39, 0.29) is 5.41 Å². The van der Waals surface area contributed by atoms with E-state index in [4.69, 9.17) is 4.98 Å². The summed E-state index contributed by atoms with van der Waals surface area (Å²) < 4.78 is 0. The maximum absolute atomic E-state index is 4.72. The van der Waals surface area contributed by atoms with E-state index in [9.17, 15) is 0 Å². The molecule has 0 atom stereocenters. The van der Waals surface area contributed by atoms with Gasteiger partial charge in [0.05, 0.1) is 0 Å². The third kappa shape index (κ3) is 5.60. The van der Waals surface area contributed by atoms with Crippen molar-refractivity contribution in [1.82, 2.24) is 10.3 Å². The zero-order valence-electron chi connectivity index (χ0n) is 13.4. The van der Waals surface area contributed by atoms with Crippen LogP contribution in [-0.2, 0) is 6.54 Å². The monoisotopic (exact) mass is 263 g/mol. The molecule has 0 saturated heterocycles. The molecule has 0 radical (unpaired) electrons. The predicted octanol–water partition coefficient (Wildman–Crippen LogP) is 3.37. The molecule has 0 bridgehead atoms. The molecule has 108 valence electrons. The third-order valence-electron chi connectivity index (χ3n) is 3.03. The lowest BCUT2D eigenvalue weighted by Gasteiger charge is -2.27. The van der Waals surface area contributed by atoms with Gasteiger partial charge in [0.15, 0.2) is 0 Å². The smallest absolute Gasteiger partial charge is 0.128 e. The van der Waals surface area contributed by atoms with E-state index in [2.05, 4.69) is 64.0 Å². The van der Waals surface area contributed by atoms with Gasteiger partial charge in [-0.25, -0.2) is 4.98 Å². The first kappa shape index (κ1) is 16.0. The topological polar surface area (TPSA) is 28.2 Å². The van der Waals surface area contributed by atoms with Gasteiger partial charge in [-0.1, -0.05) is 33.8 Å². The minimum atomic E-state index is 0.283. The second-order valence-corrected chi connectivity index (χ2v) is 6.51. The van der Waals surface area contributed by atoms with Gasteiger partial charge in [-0.05, 0) is 36.9 Å². The van der Waals surface area contributed by atoms with E-state index in [1.54, 1.807) is 0 Å². The van der Waals surface area contributed by atoms with Crippen LogP contribution in [0.5, 0.6) is 0 Å². The lowest BCUT2D eigenvalue weighted by Crippen LogP contribution is -2.30. The van der Waals surface area contributed by atoms with Crippen molar-refractivity contribution in [2.75, 3.05) is 25.0 Å². The summed E-state index contributed by atoms with van der Waals surface area (Å²) >= 11 is 0. The van der Waals surface area contributed by atoms with Crippen LogP contribution in [0, 0.1) is 12.3 Å². The van der Waals surface area contributed by atoms with E-state index >= 15 is 0 Å². The van der Waals surface area contributed by atoms with Crippen molar-refractivity contribution in [1.29, 1.82) is 0 Å². The first-order chi connectivity index (χ1) is 8.83. The first-order valence-corrected chi connectivity index (χ1v) is 7.22. The number of anilines is 1. The van der Waals surface area contributed by atoms with Gasteiger partial charge in [0.1, 0.15) is 5.82 Å². The summed E-state index contributed by atoms with van der Waals surface area (Å²) in [5.74, 6) is 1.06. The van der Waals surface area contributed by atoms with Crippen molar-refractivity contribution in [2.24, 2.45) is 5.41 Å². The molecule has 0 aromatic carbocycles. The van der Waals surface area contributed by atoms with Crippen LogP contribution in [0.2, 0.25) is 0 Å². The normalized spacial score (nSPS) is 11.7. The molecule has 0 aliphatic heterocycles. The molecule has 1 rings (SSSR count). The van der Waals surface area contributed by atoms with Crippen molar-refractivity contribution < 1.29 is 0 Å². The molecule has 0 aliphatic rings. The Morgan fingerprint density at radius 2 is 1.95 bits per heavy atom. The van der Waals surface area contributed by atoms with E-state index in [1.807, 2.05) is 0 Å². The maximum atomic E-state index is 4.72. The van der Waals surface area contributed by atoms with Crippen molar-refractivity contribution in [2.45, 2.75) is 47.6 Å². The van der Waals surface area contributed by atoms with Crippen molar-refractivity contribution >= 4 is 5.82 Å². The number of hydrogen-bond donors (Lipinski definition) is 1. The summed E-state index contributed by atoms with van der Waals surface area (Å²) in [7, 11) is 2.11.